The van der Waals surface area contributed by atoms with Gasteiger partial charge in [-0.3, -0.25) is 9.59 Å². The molecule has 0 aromatic carbocycles. The third-order valence-corrected chi connectivity index (χ3v) is 5.53. The Morgan fingerprint density at radius 2 is 1.62 bits per heavy atom. The van der Waals surface area contributed by atoms with Crippen LogP contribution in [-0.2, 0) is 19.1 Å². The first-order valence-corrected chi connectivity index (χ1v) is 10.5. The molecule has 0 aromatic heterocycles. The largest absolute Gasteiger partial charge is 0.467 e. The Morgan fingerprint density at radius 3 is 2.21 bits per heavy atom. The number of ether oxygens (including phenoxy) is 1. The third kappa shape index (κ3) is 6.08. The van der Waals surface area contributed by atoms with Crippen LogP contribution >= 0.6 is 0 Å². The quantitative estimate of drug-likeness (QED) is 0.654. The molecule has 2 atom stereocenters. The lowest BCUT2D eigenvalue weighted by Crippen LogP contribution is -2.64. The summed E-state index contributed by atoms with van der Waals surface area (Å²) >= 11 is 0. The van der Waals surface area contributed by atoms with Crippen molar-refractivity contribution in [3.05, 3.63) is 0 Å². The van der Waals surface area contributed by atoms with Gasteiger partial charge in [0.2, 0.25) is 11.8 Å². The lowest BCUT2D eigenvalue weighted by atomic mass is 9.87. The van der Waals surface area contributed by atoms with Crippen molar-refractivity contribution >= 4 is 23.8 Å². The van der Waals surface area contributed by atoms with Crippen molar-refractivity contribution in [1.29, 1.82) is 0 Å². The summed E-state index contributed by atoms with van der Waals surface area (Å²) < 4.78 is 4.66. The van der Waals surface area contributed by atoms with E-state index in [4.69, 9.17) is 0 Å². The van der Waals surface area contributed by atoms with Gasteiger partial charge >= 0.3 is 12.0 Å². The van der Waals surface area contributed by atoms with E-state index in [1.807, 2.05) is 13.8 Å². The number of piperazine rings is 1. The maximum atomic E-state index is 13.1. The molecule has 2 N–H and O–H groups in total. The monoisotopic (exact) mass is 410 g/mol. The van der Waals surface area contributed by atoms with E-state index < -0.39 is 24.0 Å². The number of nitrogens with one attached hydrogen (secondary N) is 2. The molecule has 2 rings (SSSR count). The molecule has 1 heterocycles. The van der Waals surface area contributed by atoms with Crippen LogP contribution in [0.4, 0.5) is 4.79 Å². The molecule has 29 heavy (non-hydrogen) atoms. The molecule has 0 aromatic rings. The Morgan fingerprint density at radius 1 is 0.966 bits per heavy atom. The maximum Gasteiger partial charge on any atom is 0.328 e. The molecule has 1 aliphatic carbocycles. The summed E-state index contributed by atoms with van der Waals surface area (Å²) in [6, 6.07) is -1.96. The van der Waals surface area contributed by atoms with Crippen molar-refractivity contribution in [2.75, 3.05) is 26.7 Å². The van der Waals surface area contributed by atoms with Crippen molar-refractivity contribution < 1.29 is 23.9 Å². The molecule has 1 aliphatic heterocycles. The van der Waals surface area contributed by atoms with Crippen molar-refractivity contribution in [3.8, 4) is 0 Å². The van der Waals surface area contributed by atoms with E-state index in [9.17, 15) is 19.2 Å². The SMILES string of the molecule is COC(=O)C(C)NC(=O)C1CN(C(=O)NC(C)C)CCN1C(=O)C1CCCCC1. The van der Waals surface area contributed by atoms with Gasteiger partial charge in [-0.1, -0.05) is 19.3 Å². The fourth-order valence-electron chi connectivity index (χ4n) is 3.92. The molecule has 2 unspecified atom stereocenters. The molecule has 9 nitrogen and oxygen atoms in total. The predicted molar refractivity (Wildman–Crippen MR) is 107 cm³/mol. The first-order chi connectivity index (χ1) is 13.7. The molecule has 9 heteroatoms. The molecular weight excluding hydrogens is 376 g/mol. The first-order valence-electron chi connectivity index (χ1n) is 10.5. The lowest BCUT2D eigenvalue weighted by Gasteiger charge is -2.42. The van der Waals surface area contributed by atoms with Crippen molar-refractivity contribution in [3.63, 3.8) is 0 Å². The van der Waals surface area contributed by atoms with Crippen LogP contribution in [0.2, 0.25) is 0 Å². The third-order valence-electron chi connectivity index (χ3n) is 5.53. The molecule has 1 saturated carbocycles. The number of hydrogen-bond donors (Lipinski definition) is 2. The number of esters is 1. The zero-order valence-electron chi connectivity index (χ0n) is 17.9. The zero-order chi connectivity index (χ0) is 21.6. The zero-order valence-corrected chi connectivity index (χ0v) is 17.9. The van der Waals surface area contributed by atoms with Crippen LogP contribution in [0.25, 0.3) is 0 Å². The van der Waals surface area contributed by atoms with Gasteiger partial charge in [0.05, 0.1) is 13.7 Å². The van der Waals surface area contributed by atoms with Gasteiger partial charge in [-0.05, 0) is 33.6 Å². The Kier molecular flexibility index (Phi) is 8.28. The molecular formula is C20H34N4O5. The highest BCUT2D eigenvalue weighted by molar-refractivity contribution is 5.92. The van der Waals surface area contributed by atoms with Crippen LogP contribution in [0.5, 0.6) is 0 Å². The number of carbonyl (C=O) groups is 4. The van der Waals surface area contributed by atoms with E-state index >= 15 is 0 Å². The summed E-state index contributed by atoms with van der Waals surface area (Å²) in [7, 11) is 1.25. The van der Waals surface area contributed by atoms with Gasteiger partial charge in [0, 0.05) is 25.0 Å². The molecule has 1 saturated heterocycles. The molecule has 0 bridgehead atoms. The first kappa shape index (κ1) is 23.0. The topological polar surface area (TPSA) is 108 Å². The van der Waals surface area contributed by atoms with Crippen LogP contribution in [-0.4, -0.2) is 78.5 Å². The van der Waals surface area contributed by atoms with E-state index in [2.05, 4.69) is 15.4 Å². The van der Waals surface area contributed by atoms with Gasteiger partial charge in [0.25, 0.3) is 0 Å². The second kappa shape index (κ2) is 10.5. The Bertz CT molecular complexity index is 618. The Hall–Kier alpha value is -2.32. The van der Waals surface area contributed by atoms with E-state index in [0.29, 0.717) is 13.1 Å². The fraction of sp³-hybridized carbons (Fsp3) is 0.800. The molecule has 164 valence electrons. The van der Waals surface area contributed by atoms with Crippen LogP contribution in [0, 0.1) is 5.92 Å². The van der Waals surface area contributed by atoms with Gasteiger partial charge in [-0.15, -0.1) is 0 Å². The van der Waals surface area contributed by atoms with E-state index in [1.165, 1.54) is 14.0 Å². The average Bonchev–Trinajstić information content (AvgIpc) is 2.72. The highest BCUT2D eigenvalue weighted by Gasteiger charge is 2.40. The van der Waals surface area contributed by atoms with Gasteiger partial charge in [0.15, 0.2) is 0 Å². The fourth-order valence-corrected chi connectivity index (χ4v) is 3.92. The van der Waals surface area contributed by atoms with Crippen LogP contribution < -0.4 is 10.6 Å². The summed E-state index contributed by atoms with van der Waals surface area (Å²) in [5.41, 5.74) is 0. The van der Waals surface area contributed by atoms with Gasteiger partial charge in [0.1, 0.15) is 12.1 Å². The van der Waals surface area contributed by atoms with Gasteiger partial charge in [-0.25, -0.2) is 9.59 Å². The molecule has 0 spiro atoms. The molecule has 2 aliphatic rings. The number of urea groups is 1. The van der Waals surface area contributed by atoms with Gasteiger partial charge < -0.3 is 25.2 Å². The average molecular weight is 411 g/mol. The lowest BCUT2D eigenvalue weighted by molar-refractivity contribution is -0.149. The number of methoxy groups -OCH3 is 1. The Labute approximate surface area is 172 Å². The minimum Gasteiger partial charge on any atom is -0.467 e. The summed E-state index contributed by atoms with van der Waals surface area (Å²) in [5, 5.41) is 5.45. The molecule has 2 fully saturated rings. The van der Waals surface area contributed by atoms with E-state index in [0.717, 1.165) is 32.1 Å². The van der Waals surface area contributed by atoms with Crippen LogP contribution in [0.1, 0.15) is 52.9 Å². The molecule has 0 radical (unpaired) electrons. The summed E-state index contributed by atoms with van der Waals surface area (Å²) in [5.74, 6) is -1.12. The number of carbonyl (C=O) groups excluding carboxylic acids is 4. The predicted octanol–water partition coefficient (Wildman–Crippen LogP) is 0.875. The standard InChI is InChI=1S/C20H34N4O5/c1-13(2)21-20(28)23-10-11-24(18(26)15-8-6-5-7-9-15)16(12-23)17(25)22-14(3)19(27)29-4/h13-16H,5-12H2,1-4H3,(H,21,28)(H,22,25). The normalized spacial score (nSPS) is 21.5. The summed E-state index contributed by atoms with van der Waals surface area (Å²) in [6.07, 6.45) is 4.83. The van der Waals surface area contributed by atoms with Crippen molar-refractivity contribution in [2.24, 2.45) is 5.92 Å². The Balaban J connectivity index is 2.15. The van der Waals surface area contributed by atoms with Crippen LogP contribution in [0.3, 0.4) is 0 Å². The second-order valence-corrected chi connectivity index (χ2v) is 8.19. The highest BCUT2D eigenvalue weighted by Crippen LogP contribution is 2.27. The number of amides is 4. The number of nitrogens with zero attached hydrogens (tertiary/aromatic N) is 2. The minimum absolute atomic E-state index is 0.0283. The molecule has 4 amide bonds. The summed E-state index contributed by atoms with van der Waals surface area (Å²) in [4.78, 5) is 53.4. The maximum absolute atomic E-state index is 13.1. The smallest absolute Gasteiger partial charge is 0.328 e. The second-order valence-electron chi connectivity index (χ2n) is 8.19. The number of hydrogen-bond acceptors (Lipinski definition) is 5. The highest BCUT2D eigenvalue weighted by atomic mass is 16.5. The van der Waals surface area contributed by atoms with Crippen molar-refractivity contribution in [1.82, 2.24) is 20.4 Å². The minimum atomic E-state index is -0.834. The van der Waals surface area contributed by atoms with E-state index in [1.54, 1.807) is 9.80 Å². The van der Waals surface area contributed by atoms with E-state index in [-0.39, 0.29) is 30.4 Å². The number of rotatable bonds is 5. The van der Waals surface area contributed by atoms with Crippen molar-refractivity contribution in [2.45, 2.75) is 71.0 Å². The summed E-state index contributed by atoms with van der Waals surface area (Å²) in [6.45, 7) is 6.02. The van der Waals surface area contributed by atoms with Gasteiger partial charge in [-0.2, -0.15) is 0 Å². The van der Waals surface area contributed by atoms with Crippen LogP contribution in [0.15, 0.2) is 0 Å².